The maximum Gasteiger partial charge on any atom is 0.263 e. The van der Waals surface area contributed by atoms with Crippen LogP contribution >= 0.6 is 11.6 Å². The molecule has 0 aliphatic heterocycles. The van der Waals surface area contributed by atoms with Crippen molar-refractivity contribution < 1.29 is 14.3 Å². The lowest BCUT2D eigenvalue weighted by Crippen LogP contribution is -2.15. The maximum atomic E-state index is 13.4. The van der Waals surface area contributed by atoms with Crippen LogP contribution in [0.1, 0.15) is 10.4 Å². The largest absolute Gasteiger partial charge is 0.507 e. The highest BCUT2D eigenvalue weighted by molar-refractivity contribution is 6.32. The second kappa shape index (κ2) is 4.97. The van der Waals surface area contributed by atoms with Crippen LogP contribution in [0.2, 0.25) is 5.15 Å². The number of anilines is 1. The van der Waals surface area contributed by atoms with Crippen LogP contribution in [-0.4, -0.2) is 21.0 Å². The quantitative estimate of drug-likeness (QED) is 0.875. The smallest absolute Gasteiger partial charge is 0.263 e. The third-order valence-electron chi connectivity index (χ3n) is 2.10. The van der Waals surface area contributed by atoms with Crippen molar-refractivity contribution in [2.45, 2.75) is 0 Å². The molecule has 0 atom stereocenters. The van der Waals surface area contributed by atoms with Crippen LogP contribution in [0.3, 0.4) is 0 Å². The minimum absolute atomic E-state index is 0.00757. The van der Waals surface area contributed by atoms with E-state index in [2.05, 4.69) is 15.3 Å². The molecule has 0 saturated heterocycles. The van der Waals surface area contributed by atoms with Gasteiger partial charge in [-0.05, 0) is 12.1 Å². The number of nitrogens with zero attached hydrogens (tertiary/aromatic N) is 2. The molecule has 0 fully saturated rings. The first-order chi connectivity index (χ1) is 8.59. The van der Waals surface area contributed by atoms with E-state index in [-0.39, 0.29) is 11.0 Å². The monoisotopic (exact) mass is 267 g/mol. The van der Waals surface area contributed by atoms with E-state index in [0.29, 0.717) is 0 Å². The van der Waals surface area contributed by atoms with Crippen LogP contribution in [0.15, 0.2) is 30.6 Å². The summed E-state index contributed by atoms with van der Waals surface area (Å²) in [6.45, 7) is 0. The Labute approximate surface area is 106 Å². The second-order valence-electron chi connectivity index (χ2n) is 3.28. The number of amides is 1. The van der Waals surface area contributed by atoms with Gasteiger partial charge in [-0.25, -0.2) is 14.4 Å². The fourth-order valence-electron chi connectivity index (χ4n) is 1.31. The van der Waals surface area contributed by atoms with E-state index in [0.717, 1.165) is 6.07 Å². The predicted octanol–water partition coefficient (Wildman–Crippen LogP) is 2.23. The van der Waals surface area contributed by atoms with Crippen molar-refractivity contribution in [1.29, 1.82) is 0 Å². The number of aromatic hydroxyl groups is 1. The van der Waals surface area contributed by atoms with Crippen molar-refractivity contribution in [3.05, 3.63) is 47.1 Å². The number of phenols is 1. The Bertz CT molecular complexity index is 586. The van der Waals surface area contributed by atoms with Gasteiger partial charge in [0.05, 0.1) is 0 Å². The summed E-state index contributed by atoms with van der Waals surface area (Å²) < 4.78 is 13.4. The molecule has 0 spiro atoms. The van der Waals surface area contributed by atoms with Gasteiger partial charge in [-0.3, -0.25) is 4.79 Å². The van der Waals surface area contributed by atoms with Crippen molar-refractivity contribution in [1.82, 2.24) is 9.97 Å². The van der Waals surface area contributed by atoms with Gasteiger partial charge in [-0.15, -0.1) is 0 Å². The van der Waals surface area contributed by atoms with Gasteiger partial charge in [0.1, 0.15) is 17.1 Å². The zero-order valence-electron chi connectivity index (χ0n) is 8.89. The molecule has 18 heavy (non-hydrogen) atoms. The van der Waals surface area contributed by atoms with E-state index in [4.69, 9.17) is 11.6 Å². The fraction of sp³-hybridized carbons (Fsp3) is 0. The standard InChI is InChI=1S/C11H7ClFN3O2/c12-9-10(15-5-4-14-9)16-11(18)8-6(13)2-1-3-7(8)17/h1-5,17H,(H,15,16,18). The van der Waals surface area contributed by atoms with E-state index in [9.17, 15) is 14.3 Å². The Kier molecular flexibility index (Phi) is 3.38. The van der Waals surface area contributed by atoms with E-state index >= 15 is 0 Å². The van der Waals surface area contributed by atoms with Crippen molar-refractivity contribution in [2.24, 2.45) is 0 Å². The third-order valence-corrected chi connectivity index (χ3v) is 2.38. The molecule has 1 amide bonds. The average Bonchev–Trinajstić information content (AvgIpc) is 2.32. The van der Waals surface area contributed by atoms with Crippen molar-refractivity contribution in [3.63, 3.8) is 0 Å². The number of phenolic OH excluding ortho intramolecular Hbond substituents is 1. The molecular formula is C11H7ClFN3O2. The highest BCUT2D eigenvalue weighted by Crippen LogP contribution is 2.22. The first-order valence-electron chi connectivity index (χ1n) is 4.85. The number of hydrogen-bond donors (Lipinski definition) is 2. The number of carbonyl (C=O) groups is 1. The maximum absolute atomic E-state index is 13.4. The lowest BCUT2D eigenvalue weighted by Gasteiger charge is -2.07. The molecule has 1 heterocycles. The van der Waals surface area contributed by atoms with Crippen LogP contribution in [0, 0.1) is 5.82 Å². The van der Waals surface area contributed by atoms with E-state index in [1.165, 1.54) is 24.5 Å². The molecule has 2 N–H and O–H groups in total. The van der Waals surface area contributed by atoms with Crippen LogP contribution in [0.4, 0.5) is 10.2 Å². The molecule has 2 rings (SSSR count). The zero-order chi connectivity index (χ0) is 13.1. The Morgan fingerprint density at radius 2 is 2.06 bits per heavy atom. The number of aromatic nitrogens is 2. The SMILES string of the molecule is O=C(Nc1nccnc1Cl)c1c(O)cccc1F. The lowest BCUT2D eigenvalue weighted by molar-refractivity contribution is 0.102. The number of rotatable bonds is 2. The van der Waals surface area contributed by atoms with Crippen LogP contribution in [0.5, 0.6) is 5.75 Å². The molecule has 5 nitrogen and oxygen atoms in total. The Hall–Kier alpha value is -2.21. The molecule has 0 aliphatic rings. The summed E-state index contributed by atoms with van der Waals surface area (Å²) in [4.78, 5) is 19.2. The van der Waals surface area contributed by atoms with Gasteiger partial charge in [-0.2, -0.15) is 0 Å². The van der Waals surface area contributed by atoms with Gasteiger partial charge < -0.3 is 10.4 Å². The zero-order valence-corrected chi connectivity index (χ0v) is 9.65. The topological polar surface area (TPSA) is 75.1 Å². The first-order valence-corrected chi connectivity index (χ1v) is 5.22. The molecule has 2 aromatic rings. The lowest BCUT2D eigenvalue weighted by atomic mass is 10.2. The summed E-state index contributed by atoms with van der Waals surface area (Å²) in [6, 6.07) is 3.56. The van der Waals surface area contributed by atoms with Crippen molar-refractivity contribution >= 4 is 23.3 Å². The average molecular weight is 268 g/mol. The molecule has 1 aromatic heterocycles. The second-order valence-corrected chi connectivity index (χ2v) is 3.64. The van der Waals surface area contributed by atoms with Gasteiger partial charge >= 0.3 is 0 Å². The van der Waals surface area contributed by atoms with Crippen LogP contribution in [0.25, 0.3) is 0 Å². The molecule has 0 bridgehead atoms. The highest BCUT2D eigenvalue weighted by atomic mass is 35.5. The number of hydrogen-bond acceptors (Lipinski definition) is 4. The minimum atomic E-state index is -0.854. The molecule has 1 aromatic carbocycles. The highest BCUT2D eigenvalue weighted by Gasteiger charge is 2.18. The van der Waals surface area contributed by atoms with Crippen molar-refractivity contribution in [3.8, 4) is 5.75 Å². The summed E-state index contributed by atoms with van der Waals surface area (Å²) >= 11 is 5.69. The van der Waals surface area contributed by atoms with Gasteiger partial charge in [0, 0.05) is 12.4 Å². The van der Waals surface area contributed by atoms with Crippen molar-refractivity contribution in [2.75, 3.05) is 5.32 Å². The summed E-state index contributed by atoms with van der Waals surface area (Å²) in [5, 5.41) is 11.7. The Morgan fingerprint density at radius 3 is 2.72 bits per heavy atom. The first kappa shape index (κ1) is 12.3. The van der Waals surface area contributed by atoms with E-state index in [1.807, 2.05) is 0 Å². The fourth-order valence-corrected chi connectivity index (χ4v) is 1.46. The summed E-state index contributed by atoms with van der Waals surface area (Å²) in [5.74, 6) is -2.17. The number of nitrogens with one attached hydrogen (secondary N) is 1. The van der Waals surface area contributed by atoms with E-state index in [1.54, 1.807) is 0 Å². The van der Waals surface area contributed by atoms with Crippen LogP contribution in [-0.2, 0) is 0 Å². The molecule has 92 valence electrons. The van der Waals surface area contributed by atoms with Gasteiger partial charge in [0.2, 0.25) is 0 Å². The number of benzene rings is 1. The molecule has 0 aliphatic carbocycles. The molecule has 0 unspecified atom stereocenters. The van der Waals surface area contributed by atoms with Crippen LogP contribution < -0.4 is 5.32 Å². The third kappa shape index (κ3) is 2.38. The summed E-state index contributed by atoms with van der Waals surface area (Å²) in [5.41, 5.74) is -0.473. The number of halogens is 2. The Balaban J connectivity index is 2.31. The van der Waals surface area contributed by atoms with Gasteiger partial charge in [0.15, 0.2) is 11.0 Å². The van der Waals surface area contributed by atoms with E-state index < -0.39 is 23.0 Å². The molecule has 0 saturated carbocycles. The normalized spacial score (nSPS) is 10.1. The summed E-state index contributed by atoms with van der Waals surface area (Å²) in [7, 11) is 0. The summed E-state index contributed by atoms with van der Waals surface area (Å²) in [6.07, 6.45) is 2.67. The van der Waals surface area contributed by atoms with Gasteiger partial charge in [0.25, 0.3) is 5.91 Å². The Morgan fingerprint density at radius 1 is 1.33 bits per heavy atom. The number of carbonyl (C=O) groups excluding carboxylic acids is 1. The molecule has 7 heteroatoms. The molecular weight excluding hydrogens is 261 g/mol. The molecule has 0 radical (unpaired) electrons. The van der Waals surface area contributed by atoms with Gasteiger partial charge in [-0.1, -0.05) is 17.7 Å². The predicted molar refractivity (Wildman–Crippen MR) is 63.1 cm³/mol. The minimum Gasteiger partial charge on any atom is -0.507 e.